The van der Waals surface area contributed by atoms with E-state index >= 15 is 0 Å². The zero-order valence-electron chi connectivity index (χ0n) is 11.1. The van der Waals surface area contributed by atoms with E-state index in [4.69, 9.17) is 9.84 Å². The van der Waals surface area contributed by atoms with E-state index in [0.29, 0.717) is 29.5 Å². The highest BCUT2D eigenvalue weighted by Gasteiger charge is 2.13. The summed E-state index contributed by atoms with van der Waals surface area (Å²) >= 11 is 1.36. The van der Waals surface area contributed by atoms with Gasteiger partial charge in [0.05, 0.1) is 12.2 Å². The van der Waals surface area contributed by atoms with Crippen LogP contribution in [0.25, 0.3) is 0 Å². The van der Waals surface area contributed by atoms with Crippen molar-refractivity contribution in [3.63, 3.8) is 0 Å². The van der Waals surface area contributed by atoms with Crippen molar-refractivity contribution in [1.82, 2.24) is 4.98 Å². The first-order valence-corrected chi connectivity index (χ1v) is 7.15. The molecule has 106 valence electrons. The predicted molar refractivity (Wildman–Crippen MR) is 78.5 cm³/mol. The minimum Gasteiger partial charge on any atom is -0.493 e. The lowest BCUT2D eigenvalue weighted by Gasteiger charge is -2.08. The Morgan fingerprint density at radius 1 is 1.45 bits per heavy atom. The molecule has 2 aromatic rings. The van der Waals surface area contributed by atoms with Crippen LogP contribution in [-0.2, 0) is 6.42 Å². The summed E-state index contributed by atoms with van der Waals surface area (Å²) in [5, 5.41) is 12.1. The van der Waals surface area contributed by atoms with Crippen LogP contribution in [0.1, 0.15) is 22.2 Å². The number of ether oxygens (including phenoxy) is 1. The summed E-state index contributed by atoms with van der Waals surface area (Å²) < 4.78 is 5.43. The number of aliphatic hydroxyl groups excluding tert-OH is 1. The van der Waals surface area contributed by atoms with Crippen molar-refractivity contribution in [2.45, 2.75) is 13.3 Å². The normalized spacial score (nSPS) is 10.3. The minimum atomic E-state index is -0.251. The lowest BCUT2D eigenvalue weighted by molar-refractivity contribution is 0.102. The second kappa shape index (κ2) is 7.02. The minimum absolute atomic E-state index is 0.0722. The number of amides is 1. The quantitative estimate of drug-likeness (QED) is 0.857. The number of anilines is 1. The Balaban J connectivity index is 2.11. The Labute approximate surface area is 121 Å². The molecule has 0 unspecified atom stereocenters. The number of aliphatic hydroxyl groups is 1. The van der Waals surface area contributed by atoms with Gasteiger partial charge in [0.2, 0.25) is 0 Å². The molecule has 0 bridgehead atoms. The molecule has 0 spiro atoms. The molecule has 0 aliphatic heterocycles. The molecule has 0 saturated carbocycles. The number of carbonyl (C=O) groups excluding carboxylic acids is 1. The van der Waals surface area contributed by atoms with Gasteiger partial charge in [-0.25, -0.2) is 4.98 Å². The van der Waals surface area contributed by atoms with Crippen molar-refractivity contribution >= 4 is 22.4 Å². The number of aromatic nitrogens is 1. The summed E-state index contributed by atoms with van der Waals surface area (Å²) in [6.45, 7) is 2.45. The van der Waals surface area contributed by atoms with Crippen molar-refractivity contribution in [1.29, 1.82) is 0 Å². The first kappa shape index (κ1) is 14.5. The van der Waals surface area contributed by atoms with E-state index in [0.717, 1.165) is 4.88 Å². The number of carbonyl (C=O) groups is 1. The third-order valence-corrected chi connectivity index (χ3v) is 3.54. The smallest absolute Gasteiger partial charge is 0.261 e. The van der Waals surface area contributed by atoms with Crippen molar-refractivity contribution in [3.8, 4) is 5.75 Å². The highest BCUT2D eigenvalue weighted by molar-refractivity contribution is 7.15. The topological polar surface area (TPSA) is 71.5 Å². The number of hydrogen-bond acceptors (Lipinski definition) is 5. The van der Waals surface area contributed by atoms with Crippen LogP contribution >= 0.6 is 11.3 Å². The Bertz CT molecular complexity index is 583. The highest BCUT2D eigenvalue weighted by atomic mass is 32.1. The molecule has 20 heavy (non-hydrogen) atoms. The van der Waals surface area contributed by atoms with Gasteiger partial charge >= 0.3 is 0 Å². The standard InChI is InChI=1S/C14H16N2O3S/c1-2-19-12-6-4-3-5-11(12)13(18)16-14-15-9-10(20-14)7-8-17/h3-6,9,17H,2,7-8H2,1H3,(H,15,16,18). The fraction of sp³-hybridized carbons (Fsp3) is 0.286. The van der Waals surface area contributed by atoms with E-state index in [2.05, 4.69) is 10.3 Å². The largest absolute Gasteiger partial charge is 0.493 e. The van der Waals surface area contributed by atoms with E-state index in [9.17, 15) is 4.79 Å². The molecule has 1 aromatic carbocycles. The van der Waals surface area contributed by atoms with Crippen molar-refractivity contribution in [3.05, 3.63) is 40.9 Å². The molecule has 0 atom stereocenters. The van der Waals surface area contributed by atoms with Crippen LogP contribution in [-0.4, -0.2) is 29.2 Å². The summed E-state index contributed by atoms with van der Waals surface area (Å²) in [5.74, 6) is 0.304. The second-order valence-electron chi connectivity index (χ2n) is 3.99. The predicted octanol–water partition coefficient (Wildman–Crippen LogP) is 2.33. The Morgan fingerprint density at radius 3 is 3.00 bits per heavy atom. The average Bonchev–Trinajstić information content (AvgIpc) is 2.87. The number of nitrogens with zero attached hydrogens (tertiary/aromatic N) is 1. The number of nitrogens with one attached hydrogen (secondary N) is 1. The number of hydrogen-bond donors (Lipinski definition) is 2. The zero-order chi connectivity index (χ0) is 14.4. The maximum absolute atomic E-state index is 12.2. The summed E-state index contributed by atoms with van der Waals surface area (Å²) in [5.41, 5.74) is 0.480. The molecule has 1 amide bonds. The van der Waals surface area contributed by atoms with Crippen LogP contribution < -0.4 is 10.1 Å². The molecule has 0 fully saturated rings. The molecule has 0 aliphatic rings. The monoisotopic (exact) mass is 292 g/mol. The summed E-state index contributed by atoms with van der Waals surface area (Å²) in [6.07, 6.45) is 2.20. The first-order chi connectivity index (χ1) is 9.74. The summed E-state index contributed by atoms with van der Waals surface area (Å²) in [4.78, 5) is 17.2. The van der Waals surface area contributed by atoms with Crippen LogP contribution in [0.2, 0.25) is 0 Å². The van der Waals surface area contributed by atoms with E-state index in [1.807, 2.05) is 13.0 Å². The lowest BCUT2D eigenvalue weighted by atomic mass is 10.2. The van der Waals surface area contributed by atoms with Crippen LogP contribution in [0.5, 0.6) is 5.75 Å². The van der Waals surface area contributed by atoms with Crippen molar-refractivity contribution < 1.29 is 14.6 Å². The zero-order valence-corrected chi connectivity index (χ0v) is 11.9. The van der Waals surface area contributed by atoms with E-state index < -0.39 is 0 Å². The number of rotatable bonds is 6. The molecule has 0 saturated heterocycles. The van der Waals surface area contributed by atoms with E-state index in [-0.39, 0.29) is 12.5 Å². The van der Waals surface area contributed by atoms with E-state index in [1.165, 1.54) is 11.3 Å². The summed E-state index contributed by atoms with van der Waals surface area (Å²) in [7, 11) is 0. The van der Waals surface area contributed by atoms with Crippen molar-refractivity contribution in [2.24, 2.45) is 0 Å². The van der Waals surface area contributed by atoms with Crippen LogP contribution in [0, 0.1) is 0 Å². The molecule has 1 heterocycles. The van der Waals surface area contributed by atoms with Gasteiger partial charge < -0.3 is 9.84 Å². The average molecular weight is 292 g/mol. The molecule has 2 N–H and O–H groups in total. The third kappa shape index (κ3) is 3.55. The van der Waals surface area contributed by atoms with Crippen LogP contribution in [0.3, 0.4) is 0 Å². The Kier molecular flexibility index (Phi) is 5.09. The Hall–Kier alpha value is -1.92. The number of para-hydroxylation sites is 1. The molecular weight excluding hydrogens is 276 g/mol. The molecule has 0 aliphatic carbocycles. The number of benzene rings is 1. The molecular formula is C14H16N2O3S. The van der Waals surface area contributed by atoms with Gasteiger partial charge in [-0.1, -0.05) is 12.1 Å². The van der Waals surface area contributed by atoms with Gasteiger partial charge in [-0.2, -0.15) is 0 Å². The third-order valence-electron chi connectivity index (χ3n) is 2.56. The van der Waals surface area contributed by atoms with Crippen molar-refractivity contribution in [2.75, 3.05) is 18.5 Å². The van der Waals surface area contributed by atoms with Crippen LogP contribution in [0.4, 0.5) is 5.13 Å². The Morgan fingerprint density at radius 2 is 2.25 bits per heavy atom. The van der Waals surface area contributed by atoms with Gasteiger partial charge in [-0.05, 0) is 19.1 Å². The molecule has 1 aromatic heterocycles. The van der Waals surface area contributed by atoms with Gasteiger partial charge in [0.1, 0.15) is 5.75 Å². The SMILES string of the molecule is CCOc1ccccc1C(=O)Nc1ncc(CCO)s1. The summed E-state index contributed by atoms with van der Waals surface area (Å²) in [6, 6.07) is 7.08. The van der Waals surface area contributed by atoms with Gasteiger partial charge in [0.25, 0.3) is 5.91 Å². The van der Waals surface area contributed by atoms with Crippen LogP contribution in [0.15, 0.2) is 30.5 Å². The van der Waals surface area contributed by atoms with Gasteiger partial charge in [-0.15, -0.1) is 11.3 Å². The maximum Gasteiger partial charge on any atom is 0.261 e. The molecule has 2 rings (SSSR count). The lowest BCUT2D eigenvalue weighted by Crippen LogP contribution is -2.13. The maximum atomic E-state index is 12.2. The fourth-order valence-corrected chi connectivity index (χ4v) is 2.49. The van der Waals surface area contributed by atoms with E-state index in [1.54, 1.807) is 24.4 Å². The van der Waals surface area contributed by atoms with Gasteiger partial charge in [0.15, 0.2) is 5.13 Å². The molecule has 0 radical (unpaired) electrons. The second-order valence-corrected chi connectivity index (χ2v) is 5.10. The fourth-order valence-electron chi connectivity index (χ4n) is 1.69. The highest BCUT2D eigenvalue weighted by Crippen LogP contribution is 2.22. The molecule has 6 heteroatoms. The molecule has 5 nitrogen and oxygen atoms in total. The first-order valence-electron chi connectivity index (χ1n) is 6.33. The van der Waals surface area contributed by atoms with Gasteiger partial charge in [-0.3, -0.25) is 10.1 Å². The van der Waals surface area contributed by atoms with Gasteiger partial charge in [0, 0.05) is 24.1 Å². The number of thiazole rings is 1.